The molecule has 250 valence electrons. The van der Waals surface area contributed by atoms with Crippen LogP contribution in [0, 0.1) is 0 Å². The zero-order valence-corrected chi connectivity index (χ0v) is 32.6. The van der Waals surface area contributed by atoms with E-state index in [-0.39, 0.29) is 22.9 Å². The van der Waals surface area contributed by atoms with Gasteiger partial charge in [0.05, 0.1) is 30.4 Å². The van der Waals surface area contributed by atoms with E-state index in [1.165, 1.54) is 9.40 Å². The Kier molecular flexibility index (Phi) is 11.7. The fraction of sp³-hybridized carbons (Fsp3) is 0.562. The van der Waals surface area contributed by atoms with Crippen LogP contribution in [-0.2, 0) is 26.6 Å². The molecule has 2 aliphatic carbocycles. The van der Waals surface area contributed by atoms with E-state index < -0.39 is 17.6 Å². The molecule has 0 N–H and O–H groups in total. The normalized spacial score (nSPS) is 26.2. The van der Waals surface area contributed by atoms with E-state index in [1.54, 1.807) is 65.3 Å². The van der Waals surface area contributed by atoms with Crippen LogP contribution in [0.5, 0.6) is 0 Å². The molecule has 0 bridgehead atoms. The van der Waals surface area contributed by atoms with Gasteiger partial charge in [-0.25, -0.2) is 9.97 Å². The van der Waals surface area contributed by atoms with Gasteiger partial charge in [-0.15, -0.1) is 22.7 Å². The lowest BCUT2D eigenvalue weighted by Crippen LogP contribution is -2.52. The second-order valence-corrected chi connectivity index (χ2v) is 23.1. The monoisotopic (exact) mass is 736 g/mol. The molecule has 2 saturated carbocycles. The number of thiazole rings is 2. The fourth-order valence-electron chi connectivity index (χ4n) is 7.60. The third-order valence-electron chi connectivity index (χ3n) is 9.78. The SMILES string of the molecule is CO[Si](OC)(OC)C1CCCC(SSC2CCCC([Si](OC)(OC)OC)C2c2nc3ccccc3s2)C1c1nc2ccccc2s1. The van der Waals surface area contributed by atoms with Crippen molar-refractivity contribution in [2.45, 2.75) is 71.9 Å². The number of hydrogen-bond acceptors (Lipinski definition) is 12. The van der Waals surface area contributed by atoms with Gasteiger partial charge in [0.2, 0.25) is 0 Å². The summed E-state index contributed by atoms with van der Waals surface area (Å²) < 4.78 is 39.3. The van der Waals surface area contributed by atoms with Crippen LogP contribution in [0.4, 0.5) is 0 Å². The number of fused-ring (bicyclic) bond motifs is 2. The van der Waals surface area contributed by atoms with Crippen molar-refractivity contribution in [1.82, 2.24) is 9.97 Å². The summed E-state index contributed by atoms with van der Waals surface area (Å²) in [5.41, 5.74) is 2.34. The minimum atomic E-state index is -2.97. The molecule has 0 amide bonds. The highest BCUT2D eigenvalue weighted by molar-refractivity contribution is 8.77. The highest BCUT2D eigenvalue weighted by Gasteiger charge is 2.57. The van der Waals surface area contributed by atoms with E-state index in [0.717, 1.165) is 59.6 Å². The average Bonchev–Trinajstić information content (AvgIpc) is 3.74. The van der Waals surface area contributed by atoms with E-state index in [0.29, 0.717) is 10.5 Å². The van der Waals surface area contributed by atoms with Gasteiger partial charge in [0.15, 0.2) is 0 Å². The first-order valence-electron chi connectivity index (χ1n) is 15.8. The average molecular weight is 737 g/mol. The number of benzene rings is 2. The van der Waals surface area contributed by atoms with Gasteiger partial charge in [0, 0.05) is 76.1 Å². The van der Waals surface area contributed by atoms with Gasteiger partial charge in [-0.05, 0) is 49.9 Å². The molecule has 6 unspecified atom stereocenters. The summed E-state index contributed by atoms with van der Waals surface area (Å²) in [5.74, 6) is 0.307. The Morgan fingerprint density at radius 3 is 1.28 bits per heavy atom. The van der Waals surface area contributed by atoms with Gasteiger partial charge < -0.3 is 26.6 Å². The van der Waals surface area contributed by atoms with Crippen LogP contribution in [0.3, 0.4) is 0 Å². The topological polar surface area (TPSA) is 81.2 Å². The van der Waals surface area contributed by atoms with Crippen molar-refractivity contribution in [3.05, 3.63) is 58.5 Å². The van der Waals surface area contributed by atoms with Gasteiger partial charge in [0.25, 0.3) is 0 Å². The maximum atomic E-state index is 6.15. The highest BCUT2D eigenvalue weighted by Crippen LogP contribution is 2.59. The van der Waals surface area contributed by atoms with Crippen LogP contribution in [0.2, 0.25) is 11.1 Å². The third-order valence-corrected chi connectivity index (χ3v) is 22.1. The molecule has 8 nitrogen and oxygen atoms in total. The highest BCUT2D eigenvalue weighted by atomic mass is 33.1. The lowest BCUT2D eigenvalue weighted by atomic mass is 9.88. The largest absolute Gasteiger partial charge is 0.504 e. The van der Waals surface area contributed by atoms with E-state index in [2.05, 4.69) is 48.5 Å². The molecule has 0 aliphatic heterocycles. The summed E-state index contributed by atoms with van der Waals surface area (Å²) in [4.78, 5) is 10.4. The summed E-state index contributed by atoms with van der Waals surface area (Å²) in [6, 6.07) is 16.9. The Morgan fingerprint density at radius 2 is 0.935 bits per heavy atom. The molecule has 46 heavy (non-hydrogen) atoms. The van der Waals surface area contributed by atoms with Gasteiger partial charge >= 0.3 is 17.6 Å². The molecule has 0 radical (unpaired) electrons. The standard InChI is InChI=1S/C32H44N2O6S4Si2/c1-35-45(36-2,37-3)27-19-11-17-25(29(27)31-33-21-13-7-9-15-23(21)41-31)43-44-26-18-12-20-28(46(38-4,39-5)40-6)30(26)32-34-22-14-8-10-16-24(22)42-32/h7-10,13-16,25-30H,11-12,17-20H2,1-6H3. The molecule has 2 aliphatic rings. The number of aromatic nitrogens is 2. The lowest BCUT2D eigenvalue weighted by molar-refractivity contribution is 0.100. The molecule has 6 rings (SSSR count). The predicted molar refractivity (Wildman–Crippen MR) is 196 cm³/mol. The molecule has 0 spiro atoms. The van der Waals surface area contributed by atoms with Crippen molar-refractivity contribution in [2.24, 2.45) is 0 Å². The summed E-state index contributed by atoms with van der Waals surface area (Å²) in [5, 5.41) is 2.95. The molecule has 2 heterocycles. The van der Waals surface area contributed by atoms with Gasteiger partial charge in [-0.2, -0.15) is 0 Å². The first-order chi connectivity index (χ1) is 22.5. The minimum absolute atomic E-state index is 0.120. The first-order valence-corrected chi connectivity index (χ1v) is 23.3. The number of rotatable bonds is 13. The second-order valence-electron chi connectivity index (χ2n) is 11.9. The van der Waals surface area contributed by atoms with E-state index in [9.17, 15) is 0 Å². The molecule has 4 aromatic rings. The van der Waals surface area contributed by atoms with Crippen molar-refractivity contribution < 1.29 is 26.6 Å². The maximum absolute atomic E-state index is 6.15. The zero-order valence-electron chi connectivity index (χ0n) is 27.3. The summed E-state index contributed by atoms with van der Waals surface area (Å²) >= 11 is 3.60. The quantitative estimate of drug-likeness (QED) is 0.0982. The van der Waals surface area contributed by atoms with Crippen LogP contribution < -0.4 is 0 Å². The maximum Gasteiger partial charge on any atom is 0.504 e. The summed E-state index contributed by atoms with van der Waals surface area (Å²) in [6.07, 6.45) is 6.38. The smallest absolute Gasteiger partial charge is 0.377 e. The Balaban J connectivity index is 1.35. The van der Waals surface area contributed by atoms with Crippen LogP contribution >= 0.6 is 44.3 Å². The molecular formula is C32H44N2O6S4Si2. The Bertz CT molecular complexity index is 1390. The Hall–Kier alpha value is -0.886. The lowest BCUT2D eigenvalue weighted by Gasteiger charge is -2.44. The van der Waals surface area contributed by atoms with Crippen molar-refractivity contribution in [2.75, 3.05) is 42.7 Å². The van der Waals surface area contributed by atoms with Crippen molar-refractivity contribution >= 4 is 82.3 Å². The van der Waals surface area contributed by atoms with Gasteiger partial charge in [-0.3, -0.25) is 0 Å². The van der Waals surface area contributed by atoms with Crippen molar-refractivity contribution in [3.63, 3.8) is 0 Å². The molecule has 2 fully saturated rings. The van der Waals surface area contributed by atoms with Gasteiger partial charge in [-0.1, -0.05) is 58.7 Å². The van der Waals surface area contributed by atoms with Gasteiger partial charge in [0.1, 0.15) is 0 Å². The molecule has 2 aromatic heterocycles. The number of para-hydroxylation sites is 2. The van der Waals surface area contributed by atoms with E-state index in [1.807, 2.05) is 21.6 Å². The molecule has 2 aromatic carbocycles. The zero-order chi connectivity index (χ0) is 32.3. The Morgan fingerprint density at radius 1 is 0.565 bits per heavy atom. The fourth-order valence-corrected chi connectivity index (χ4v) is 20.1. The molecule has 6 atom stereocenters. The molecule has 0 saturated heterocycles. The second kappa shape index (κ2) is 15.3. The van der Waals surface area contributed by atoms with E-state index in [4.69, 9.17) is 36.5 Å². The van der Waals surface area contributed by atoms with Crippen LogP contribution in [0.25, 0.3) is 20.4 Å². The third kappa shape index (κ3) is 6.54. The first kappa shape index (κ1) is 35.0. The summed E-state index contributed by atoms with van der Waals surface area (Å²) in [6.45, 7) is 0. The Labute approximate surface area is 290 Å². The van der Waals surface area contributed by atoms with Crippen LogP contribution in [0.15, 0.2) is 48.5 Å². The number of hydrogen-bond donors (Lipinski definition) is 0. The van der Waals surface area contributed by atoms with Crippen molar-refractivity contribution in [3.8, 4) is 0 Å². The minimum Gasteiger partial charge on any atom is -0.377 e. The van der Waals surface area contributed by atoms with Crippen molar-refractivity contribution in [1.29, 1.82) is 0 Å². The van der Waals surface area contributed by atoms with Crippen LogP contribution in [0.1, 0.15) is 60.4 Å². The summed E-state index contributed by atoms with van der Waals surface area (Å²) in [7, 11) is 8.53. The van der Waals surface area contributed by atoms with Crippen LogP contribution in [-0.4, -0.2) is 80.7 Å². The van der Waals surface area contributed by atoms with E-state index >= 15 is 0 Å². The predicted octanol–water partition coefficient (Wildman–Crippen LogP) is 8.76. The molecule has 14 heteroatoms. The number of nitrogens with zero attached hydrogens (tertiary/aromatic N) is 2. The molecular weight excluding hydrogens is 693 g/mol.